The summed E-state index contributed by atoms with van der Waals surface area (Å²) in [5.41, 5.74) is 20.3. The van der Waals surface area contributed by atoms with Gasteiger partial charge in [0.15, 0.2) is 0 Å². The van der Waals surface area contributed by atoms with Gasteiger partial charge in [-0.25, -0.2) is 13.2 Å². The van der Waals surface area contributed by atoms with Gasteiger partial charge in [0.2, 0.25) is 0 Å². The molecule has 73 heavy (non-hydrogen) atoms. The maximum Gasteiger partial charge on any atom is 0.132 e. The standard InChI is InChI=1S/C70H39F3/c71-44-29-25-42(26-30-44)62-53-19-9-10-20-54(53)63(43-27-31-45(72)32-28-43)70-59-38-36-51(52-21-11-24-58(64(52)59)69(62)70)50-35-37-55(49-18-8-7-17-48(49)50)66-56-22-12-23-57-65(56)60(39-61(66)73)68-47(41-15-5-2-6-16-41)34-33-46(67(57)68)40-13-3-1-4-14-40/h1-39H. The van der Waals surface area contributed by atoms with Crippen molar-refractivity contribution in [2.45, 2.75) is 0 Å². The second-order valence-corrected chi connectivity index (χ2v) is 19.3. The number of rotatable bonds is 6. The van der Waals surface area contributed by atoms with Gasteiger partial charge in [0.25, 0.3) is 0 Å². The minimum absolute atomic E-state index is 0.265. The summed E-state index contributed by atoms with van der Waals surface area (Å²) in [5.74, 6) is -0.852. The molecule has 0 atom stereocenters. The van der Waals surface area contributed by atoms with Crippen LogP contribution in [0.15, 0.2) is 237 Å². The van der Waals surface area contributed by atoms with Crippen molar-refractivity contribution in [3.05, 3.63) is 254 Å². The molecule has 0 heterocycles. The van der Waals surface area contributed by atoms with E-state index in [2.05, 4.69) is 152 Å². The van der Waals surface area contributed by atoms with Crippen LogP contribution in [0.5, 0.6) is 0 Å². The van der Waals surface area contributed by atoms with Crippen LogP contribution in [-0.4, -0.2) is 0 Å². The van der Waals surface area contributed by atoms with Crippen LogP contribution in [0.2, 0.25) is 0 Å². The Morgan fingerprint density at radius 2 is 0.575 bits per heavy atom. The fourth-order valence-corrected chi connectivity index (χ4v) is 12.6. The van der Waals surface area contributed by atoms with Crippen molar-refractivity contribution in [1.82, 2.24) is 0 Å². The van der Waals surface area contributed by atoms with Crippen LogP contribution >= 0.6 is 0 Å². The lowest BCUT2D eigenvalue weighted by molar-refractivity contribution is 0.627. The van der Waals surface area contributed by atoms with Gasteiger partial charge in [-0.2, -0.15) is 0 Å². The van der Waals surface area contributed by atoms with Crippen LogP contribution in [0.4, 0.5) is 13.2 Å². The van der Waals surface area contributed by atoms with Crippen LogP contribution in [0.3, 0.4) is 0 Å². The molecule has 0 fully saturated rings. The minimum atomic E-state index is -0.294. The zero-order valence-electron chi connectivity index (χ0n) is 39.2. The zero-order valence-corrected chi connectivity index (χ0v) is 39.2. The number of hydrogen-bond donors (Lipinski definition) is 0. The average Bonchev–Trinajstić information content (AvgIpc) is 3.95. The highest BCUT2D eigenvalue weighted by Gasteiger charge is 2.33. The van der Waals surface area contributed by atoms with Crippen molar-refractivity contribution in [2.75, 3.05) is 0 Å². The molecule has 0 saturated heterocycles. The fraction of sp³-hybridized carbons (Fsp3) is 0. The predicted molar refractivity (Wildman–Crippen MR) is 298 cm³/mol. The van der Waals surface area contributed by atoms with Crippen molar-refractivity contribution >= 4 is 43.1 Å². The predicted octanol–water partition coefficient (Wildman–Crippen LogP) is 20.0. The van der Waals surface area contributed by atoms with Crippen LogP contribution < -0.4 is 0 Å². The highest BCUT2D eigenvalue weighted by molar-refractivity contribution is 6.30. The van der Waals surface area contributed by atoms with Crippen LogP contribution in [0.1, 0.15) is 0 Å². The van der Waals surface area contributed by atoms with E-state index in [9.17, 15) is 8.78 Å². The van der Waals surface area contributed by atoms with E-state index in [1.807, 2.05) is 54.6 Å². The molecule has 0 N–H and O–H groups in total. The minimum Gasteiger partial charge on any atom is -0.207 e. The molecule has 13 aromatic carbocycles. The fourth-order valence-electron chi connectivity index (χ4n) is 12.6. The van der Waals surface area contributed by atoms with Crippen LogP contribution in [0.25, 0.3) is 154 Å². The summed E-state index contributed by atoms with van der Waals surface area (Å²) in [5, 5.41) is 8.18. The van der Waals surface area contributed by atoms with E-state index in [-0.39, 0.29) is 17.5 Å². The normalized spacial score (nSPS) is 12.0. The van der Waals surface area contributed by atoms with Gasteiger partial charge in [-0.1, -0.05) is 206 Å². The summed E-state index contributed by atoms with van der Waals surface area (Å²) in [6.45, 7) is 0. The molecule has 0 radical (unpaired) electrons. The van der Waals surface area contributed by atoms with E-state index in [1.165, 1.54) is 24.3 Å². The van der Waals surface area contributed by atoms with Crippen LogP contribution in [0, 0.1) is 17.5 Å². The Morgan fingerprint density at radius 3 is 1.14 bits per heavy atom. The van der Waals surface area contributed by atoms with Crippen molar-refractivity contribution in [3.8, 4) is 111 Å². The molecule has 0 saturated carbocycles. The monoisotopic (exact) mass is 936 g/mol. The first kappa shape index (κ1) is 41.5. The van der Waals surface area contributed by atoms with E-state index < -0.39 is 0 Å². The third-order valence-corrected chi connectivity index (χ3v) is 15.6. The molecule has 2 aliphatic carbocycles. The molecular formula is C70H39F3. The van der Waals surface area contributed by atoms with Gasteiger partial charge >= 0.3 is 0 Å². The first-order valence-electron chi connectivity index (χ1n) is 24.7. The van der Waals surface area contributed by atoms with Crippen molar-refractivity contribution < 1.29 is 13.2 Å². The van der Waals surface area contributed by atoms with Crippen LogP contribution in [-0.2, 0) is 0 Å². The zero-order chi connectivity index (χ0) is 48.5. The molecule has 2 aliphatic rings. The van der Waals surface area contributed by atoms with E-state index in [1.54, 1.807) is 6.07 Å². The first-order chi connectivity index (χ1) is 36.0. The molecule has 0 bridgehead atoms. The molecule has 340 valence electrons. The average molecular weight is 937 g/mol. The molecule has 0 aliphatic heterocycles. The maximum absolute atomic E-state index is 17.7. The summed E-state index contributed by atoms with van der Waals surface area (Å²) >= 11 is 0. The lowest BCUT2D eigenvalue weighted by Crippen LogP contribution is -1.94. The molecule has 0 spiro atoms. The number of halogens is 3. The smallest absolute Gasteiger partial charge is 0.132 e. The van der Waals surface area contributed by atoms with Gasteiger partial charge < -0.3 is 0 Å². The first-order valence-corrected chi connectivity index (χ1v) is 24.7. The summed E-state index contributed by atoms with van der Waals surface area (Å²) in [6.07, 6.45) is 0. The van der Waals surface area contributed by atoms with Crippen molar-refractivity contribution in [2.24, 2.45) is 0 Å². The number of fused-ring (bicyclic) bond motifs is 8. The quantitative estimate of drug-likeness (QED) is 0.156. The Balaban J connectivity index is 0.951. The van der Waals surface area contributed by atoms with Crippen molar-refractivity contribution in [1.29, 1.82) is 0 Å². The lowest BCUT2D eigenvalue weighted by Gasteiger charge is -2.20. The molecule has 0 amide bonds. The van der Waals surface area contributed by atoms with E-state index in [0.29, 0.717) is 5.56 Å². The SMILES string of the molecule is Fc1ccc(-c2c3c(c(-c4ccc(F)cc4)c4ccccc24)-c2ccc(-c4ccc(-c5c(F)cc6c7c(cccc57)-c5c(-c7ccccc7)ccc(-c7ccccc7)c5-6)c5ccccc45)c4cccc-3c24)cc1. The summed E-state index contributed by atoms with van der Waals surface area (Å²) in [6, 6.07) is 79.1. The number of hydrogen-bond acceptors (Lipinski definition) is 0. The third-order valence-electron chi connectivity index (χ3n) is 15.6. The van der Waals surface area contributed by atoms with Gasteiger partial charge in [-0.3, -0.25) is 0 Å². The third kappa shape index (κ3) is 6.03. The van der Waals surface area contributed by atoms with Gasteiger partial charge in [-0.05, 0) is 179 Å². The molecule has 13 aromatic rings. The maximum atomic E-state index is 17.7. The van der Waals surface area contributed by atoms with Gasteiger partial charge in [-0.15, -0.1) is 0 Å². The highest BCUT2D eigenvalue weighted by Crippen LogP contribution is 2.60. The topological polar surface area (TPSA) is 0 Å². The molecular weight excluding hydrogens is 898 g/mol. The Labute approximate surface area is 419 Å². The molecule has 0 nitrogen and oxygen atoms in total. The Morgan fingerprint density at radius 1 is 0.192 bits per heavy atom. The lowest BCUT2D eigenvalue weighted by atomic mass is 9.82. The van der Waals surface area contributed by atoms with Gasteiger partial charge in [0, 0.05) is 5.56 Å². The molecule has 0 aromatic heterocycles. The van der Waals surface area contributed by atoms with Crippen molar-refractivity contribution in [3.63, 3.8) is 0 Å². The van der Waals surface area contributed by atoms with Gasteiger partial charge in [0.1, 0.15) is 17.5 Å². The summed E-state index contributed by atoms with van der Waals surface area (Å²) in [4.78, 5) is 0. The Bertz CT molecular complexity index is 4380. The van der Waals surface area contributed by atoms with E-state index >= 15 is 4.39 Å². The largest absolute Gasteiger partial charge is 0.207 e. The Kier molecular flexibility index (Phi) is 9.00. The van der Waals surface area contributed by atoms with Gasteiger partial charge in [0.05, 0.1) is 0 Å². The molecule has 15 rings (SSSR count). The summed E-state index contributed by atoms with van der Waals surface area (Å²) < 4.78 is 46.9. The van der Waals surface area contributed by atoms with E-state index in [4.69, 9.17) is 0 Å². The highest BCUT2D eigenvalue weighted by atomic mass is 19.1. The second kappa shape index (κ2) is 15.8. The van der Waals surface area contributed by atoms with E-state index in [0.717, 1.165) is 149 Å². The molecule has 0 unspecified atom stereocenters. The molecule has 3 heteroatoms. The Hall–Kier alpha value is -9.31. The second-order valence-electron chi connectivity index (χ2n) is 19.3. The number of benzene rings is 13. The summed E-state index contributed by atoms with van der Waals surface area (Å²) in [7, 11) is 0.